The summed E-state index contributed by atoms with van der Waals surface area (Å²) in [6.07, 6.45) is 0. The molecule has 0 amide bonds. The van der Waals surface area contributed by atoms with Crippen LogP contribution >= 0.6 is 21.0 Å². The number of benzene rings is 1. The molecule has 0 heterocycles. The summed E-state index contributed by atoms with van der Waals surface area (Å²) in [5.74, 6) is -0.446. The van der Waals surface area contributed by atoms with Crippen molar-refractivity contribution in [2.24, 2.45) is 10.8 Å². The van der Waals surface area contributed by atoms with Gasteiger partial charge in [0.05, 0.1) is 14.2 Å². The summed E-state index contributed by atoms with van der Waals surface area (Å²) < 4.78 is 5.17. The molecular weight excluding hydrogens is 341 g/mol. The van der Waals surface area contributed by atoms with E-state index in [0.29, 0.717) is 10.6 Å². The Morgan fingerprint density at radius 3 is 1.88 bits per heavy atom. The van der Waals surface area contributed by atoms with E-state index >= 15 is 0 Å². The zero-order chi connectivity index (χ0) is 18.7. The van der Waals surface area contributed by atoms with Crippen LogP contribution in [0.5, 0.6) is 0 Å². The van der Waals surface area contributed by atoms with Crippen LogP contribution in [-0.2, 0) is 9.32 Å². The highest BCUT2D eigenvalue weighted by molar-refractivity contribution is 7.80. The van der Waals surface area contributed by atoms with Crippen molar-refractivity contribution in [1.29, 1.82) is 0 Å². The Balaban J connectivity index is 3.12. The maximum Gasteiger partial charge on any atom is 0.314 e. The third-order valence-electron chi connectivity index (χ3n) is 4.64. The summed E-state index contributed by atoms with van der Waals surface area (Å²) in [7, 11) is 3.83. The summed E-state index contributed by atoms with van der Waals surface area (Å²) in [6, 6.07) is 7.20. The number of rotatable bonds is 6. The number of nitrogens with zero attached hydrogens (tertiary/aromatic N) is 1. The minimum Gasteiger partial charge on any atom is -0.448 e. The second kappa shape index (κ2) is 7.71. The van der Waals surface area contributed by atoms with Gasteiger partial charge in [0.1, 0.15) is 4.99 Å². The second-order valence-electron chi connectivity index (χ2n) is 6.95. The Labute approximate surface area is 151 Å². The minimum absolute atomic E-state index is 0.0637. The summed E-state index contributed by atoms with van der Waals surface area (Å²) in [5.41, 5.74) is -0.377. The molecule has 1 aromatic rings. The molecule has 6 heteroatoms. The number of carbonyl (C=O) groups excluding carboxylic acids is 2. The summed E-state index contributed by atoms with van der Waals surface area (Å²) in [5, 5.41) is 0. The lowest BCUT2D eigenvalue weighted by Crippen LogP contribution is -2.45. The van der Waals surface area contributed by atoms with Crippen molar-refractivity contribution in [3.05, 3.63) is 35.4 Å². The van der Waals surface area contributed by atoms with Crippen molar-refractivity contribution >= 4 is 37.8 Å². The number of Topliss-reactive ketones (excluding diaryl/α,β-unsaturated/α-hetero) is 1. The zero-order valence-electron chi connectivity index (χ0n) is 15.4. The van der Waals surface area contributed by atoms with Crippen LogP contribution in [0.25, 0.3) is 0 Å². The average Bonchev–Trinajstić information content (AvgIpc) is 2.53. The van der Waals surface area contributed by atoms with E-state index in [9.17, 15) is 9.59 Å². The van der Waals surface area contributed by atoms with Crippen molar-refractivity contribution in [3.8, 4) is 0 Å². The molecule has 1 atom stereocenters. The highest BCUT2D eigenvalue weighted by Gasteiger charge is 2.49. The van der Waals surface area contributed by atoms with Gasteiger partial charge in [0, 0.05) is 30.6 Å². The van der Waals surface area contributed by atoms with Gasteiger partial charge in [-0.15, -0.1) is 0 Å². The molecule has 0 spiro atoms. The first-order valence-corrected chi connectivity index (χ1v) is 9.53. The monoisotopic (exact) mass is 367 g/mol. The van der Waals surface area contributed by atoms with Crippen molar-refractivity contribution < 1.29 is 14.1 Å². The van der Waals surface area contributed by atoms with Gasteiger partial charge in [-0.1, -0.05) is 50.3 Å². The highest BCUT2D eigenvalue weighted by atomic mass is 32.1. The van der Waals surface area contributed by atoms with Gasteiger partial charge in [0.2, 0.25) is 0 Å². The maximum atomic E-state index is 13.0. The Hall–Kier alpha value is -1.32. The third-order valence-corrected chi connectivity index (χ3v) is 5.63. The van der Waals surface area contributed by atoms with Gasteiger partial charge in [-0.3, -0.25) is 9.59 Å². The Kier molecular flexibility index (Phi) is 6.66. The molecule has 1 aromatic carbocycles. The smallest absolute Gasteiger partial charge is 0.314 e. The fourth-order valence-corrected chi connectivity index (χ4v) is 2.72. The molecule has 132 valence electrons. The van der Waals surface area contributed by atoms with Gasteiger partial charge in [-0.25, -0.2) is 0 Å². The Morgan fingerprint density at radius 2 is 1.46 bits per heavy atom. The fourth-order valence-electron chi connectivity index (χ4n) is 2.14. The lowest BCUT2D eigenvalue weighted by Gasteiger charge is -2.38. The van der Waals surface area contributed by atoms with Crippen LogP contribution in [0.1, 0.15) is 43.6 Å². The van der Waals surface area contributed by atoms with Crippen LogP contribution < -0.4 is 0 Å². The van der Waals surface area contributed by atoms with Crippen LogP contribution in [0.15, 0.2) is 24.3 Å². The van der Waals surface area contributed by atoms with E-state index in [2.05, 4.69) is 0 Å². The molecule has 0 saturated carbocycles. The average molecular weight is 367 g/mol. The summed E-state index contributed by atoms with van der Waals surface area (Å²) in [6.45, 7) is 8.86. The SMILES string of the molecule is CPOC(=O)C(C)(C)C(C)(C)C(=O)c1ccc(C(=S)N(C)C)cc1. The first-order valence-electron chi connectivity index (χ1n) is 7.71. The first-order chi connectivity index (χ1) is 11.0. The van der Waals surface area contributed by atoms with Crippen LogP contribution in [0.2, 0.25) is 0 Å². The molecule has 0 radical (unpaired) electrons. The largest absolute Gasteiger partial charge is 0.448 e. The normalized spacial score (nSPS) is 12.3. The molecule has 24 heavy (non-hydrogen) atoms. The maximum absolute atomic E-state index is 13.0. The predicted octanol–water partition coefficient (Wildman–Crippen LogP) is 3.93. The van der Waals surface area contributed by atoms with E-state index in [1.165, 1.54) is 0 Å². The molecular formula is C18H26NO3PS. The molecule has 4 nitrogen and oxygen atoms in total. The highest BCUT2D eigenvalue weighted by Crippen LogP contribution is 2.43. The van der Waals surface area contributed by atoms with Crippen LogP contribution in [-0.4, -0.2) is 42.4 Å². The molecule has 1 unspecified atom stereocenters. The summed E-state index contributed by atoms with van der Waals surface area (Å²) >= 11 is 5.33. The van der Waals surface area contributed by atoms with E-state index in [4.69, 9.17) is 16.7 Å². The van der Waals surface area contributed by atoms with Gasteiger partial charge in [0.15, 0.2) is 5.78 Å². The number of ketones is 1. The molecule has 0 saturated heterocycles. The van der Waals surface area contributed by atoms with Gasteiger partial charge >= 0.3 is 5.97 Å². The topological polar surface area (TPSA) is 46.6 Å². The van der Waals surface area contributed by atoms with E-state index in [0.717, 1.165) is 5.56 Å². The van der Waals surface area contributed by atoms with Gasteiger partial charge in [0.25, 0.3) is 0 Å². The molecule has 0 N–H and O–H groups in total. The van der Waals surface area contributed by atoms with Crippen LogP contribution in [0.4, 0.5) is 0 Å². The second-order valence-corrected chi connectivity index (χ2v) is 7.95. The quantitative estimate of drug-likeness (QED) is 0.433. The van der Waals surface area contributed by atoms with Gasteiger partial charge in [-0.05, 0) is 20.5 Å². The molecule has 0 bridgehead atoms. The number of hydrogen-bond donors (Lipinski definition) is 0. The lowest BCUT2D eigenvalue weighted by atomic mass is 9.64. The molecule has 0 aromatic heterocycles. The molecule has 0 fully saturated rings. The van der Waals surface area contributed by atoms with Crippen LogP contribution in [0.3, 0.4) is 0 Å². The Morgan fingerprint density at radius 1 is 1.00 bits per heavy atom. The molecule has 0 aliphatic carbocycles. The van der Waals surface area contributed by atoms with E-state index in [1.807, 2.05) is 31.1 Å². The number of thiocarbonyl (C=S) groups is 1. The van der Waals surface area contributed by atoms with E-state index in [1.54, 1.807) is 46.5 Å². The fraction of sp³-hybridized carbons (Fsp3) is 0.500. The minimum atomic E-state index is -0.926. The first kappa shape index (κ1) is 20.7. The zero-order valence-corrected chi connectivity index (χ0v) is 17.2. The lowest BCUT2D eigenvalue weighted by molar-refractivity contribution is -0.147. The van der Waals surface area contributed by atoms with E-state index < -0.39 is 10.8 Å². The van der Waals surface area contributed by atoms with Crippen molar-refractivity contribution in [2.75, 3.05) is 20.8 Å². The van der Waals surface area contributed by atoms with Crippen molar-refractivity contribution in [1.82, 2.24) is 4.90 Å². The van der Waals surface area contributed by atoms with E-state index in [-0.39, 0.29) is 20.6 Å². The molecule has 0 aliphatic heterocycles. The number of carbonyl (C=O) groups is 2. The van der Waals surface area contributed by atoms with Gasteiger partial charge < -0.3 is 9.42 Å². The summed E-state index contributed by atoms with van der Waals surface area (Å²) in [4.78, 5) is 27.8. The number of hydrogen-bond acceptors (Lipinski definition) is 4. The molecule has 0 aliphatic rings. The standard InChI is InChI=1S/C18H26NO3PS/c1-17(2,18(3,4)16(21)22-23-7)14(20)12-8-10-13(11-9-12)15(24)19(5)6/h8-11,23H,1-7H3. The van der Waals surface area contributed by atoms with Crippen LogP contribution in [0, 0.1) is 10.8 Å². The van der Waals surface area contributed by atoms with Gasteiger partial charge in [-0.2, -0.15) is 0 Å². The third kappa shape index (κ3) is 4.01. The predicted molar refractivity (Wildman–Crippen MR) is 104 cm³/mol. The van der Waals surface area contributed by atoms with Crippen molar-refractivity contribution in [3.63, 3.8) is 0 Å². The van der Waals surface area contributed by atoms with Crippen molar-refractivity contribution in [2.45, 2.75) is 27.7 Å². The molecule has 1 rings (SSSR count). The Bertz CT molecular complexity index is 636.